The van der Waals surface area contributed by atoms with E-state index in [1.54, 1.807) is 16.8 Å². The second kappa shape index (κ2) is 12.3. The van der Waals surface area contributed by atoms with Crippen LogP contribution in [0.25, 0.3) is 5.69 Å². The molecule has 0 saturated heterocycles. The summed E-state index contributed by atoms with van der Waals surface area (Å²) in [7, 11) is 0. The van der Waals surface area contributed by atoms with Gasteiger partial charge in [-0.05, 0) is 76.6 Å². The Bertz CT molecular complexity index is 1050. The highest BCUT2D eigenvalue weighted by molar-refractivity contribution is 5.43. The summed E-state index contributed by atoms with van der Waals surface area (Å²) in [5.74, 6) is 0.818. The third kappa shape index (κ3) is 7.88. The predicted octanol–water partition coefficient (Wildman–Crippen LogP) is 5.75. The summed E-state index contributed by atoms with van der Waals surface area (Å²) < 4.78 is 27.4. The van der Waals surface area contributed by atoms with Crippen LogP contribution in [0.15, 0.2) is 54.6 Å². The second-order valence-corrected chi connectivity index (χ2v) is 9.70. The number of aryl methyl sites for hydroxylation is 1. The minimum atomic E-state index is -0.614. The summed E-state index contributed by atoms with van der Waals surface area (Å²) in [6, 6.07) is 15.8. The number of hydrogen-bond acceptors (Lipinski definition) is 5. The van der Waals surface area contributed by atoms with Gasteiger partial charge < -0.3 is 14.6 Å². The molecule has 1 N–H and O–H groups in total. The van der Waals surface area contributed by atoms with Gasteiger partial charge in [0.15, 0.2) is 0 Å². The number of rotatable bonds is 12. The van der Waals surface area contributed by atoms with Crippen LogP contribution in [0.1, 0.15) is 52.3 Å². The molecule has 3 aromatic rings. The lowest BCUT2D eigenvalue weighted by molar-refractivity contribution is -0.0567. The van der Waals surface area contributed by atoms with Gasteiger partial charge in [0.05, 0.1) is 35.3 Å². The lowest BCUT2D eigenvalue weighted by atomic mass is 10.1. The lowest BCUT2D eigenvalue weighted by Gasteiger charge is -2.27. The van der Waals surface area contributed by atoms with E-state index in [0.29, 0.717) is 24.7 Å². The van der Waals surface area contributed by atoms with E-state index in [2.05, 4.69) is 18.7 Å². The molecular weight excluding hydrogens is 445 g/mol. The number of halogens is 1. The Balaban J connectivity index is 1.94. The van der Waals surface area contributed by atoms with Crippen molar-refractivity contribution in [2.75, 3.05) is 19.7 Å². The fourth-order valence-electron chi connectivity index (χ4n) is 3.86. The average molecular weight is 484 g/mol. The van der Waals surface area contributed by atoms with Crippen molar-refractivity contribution in [3.63, 3.8) is 0 Å². The topological polar surface area (TPSA) is 59.8 Å². The number of aliphatic hydroxyl groups is 1. The molecule has 0 unspecified atom stereocenters. The molecule has 190 valence electrons. The van der Waals surface area contributed by atoms with Gasteiger partial charge in [-0.3, -0.25) is 4.90 Å². The summed E-state index contributed by atoms with van der Waals surface area (Å²) in [5, 5.41) is 15.6. The lowest BCUT2D eigenvalue weighted by Crippen LogP contribution is -2.37. The highest BCUT2D eigenvalue weighted by Crippen LogP contribution is 2.32. The molecule has 3 rings (SSSR count). The molecule has 6 nitrogen and oxygen atoms in total. The van der Waals surface area contributed by atoms with Crippen molar-refractivity contribution in [2.24, 2.45) is 0 Å². The van der Waals surface area contributed by atoms with Gasteiger partial charge in [0, 0.05) is 13.1 Å². The van der Waals surface area contributed by atoms with Crippen LogP contribution >= 0.6 is 0 Å². The number of benzene rings is 2. The van der Waals surface area contributed by atoms with Gasteiger partial charge in [-0.2, -0.15) is 5.10 Å². The first-order valence-electron chi connectivity index (χ1n) is 12.3. The summed E-state index contributed by atoms with van der Waals surface area (Å²) in [4.78, 5) is 2.21. The zero-order chi connectivity index (χ0) is 25.4. The number of ether oxygens (including phenoxy) is 2. The average Bonchev–Trinajstić information content (AvgIpc) is 3.16. The number of para-hydroxylation sites is 1. The highest BCUT2D eigenvalue weighted by atomic mass is 19.1. The van der Waals surface area contributed by atoms with Crippen LogP contribution in [0.5, 0.6) is 11.6 Å². The minimum Gasteiger partial charge on any atom is -0.439 e. The van der Waals surface area contributed by atoms with Crippen LogP contribution in [0.3, 0.4) is 0 Å². The molecule has 2 aromatic carbocycles. The van der Waals surface area contributed by atoms with Crippen LogP contribution in [-0.4, -0.2) is 51.2 Å². The predicted molar refractivity (Wildman–Crippen MR) is 137 cm³/mol. The summed E-state index contributed by atoms with van der Waals surface area (Å²) in [6.45, 7) is 12.2. The van der Waals surface area contributed by atoms with Crippen molar-refractivity contribution in [3.8, 4) is 17.3 Å². The van der Waals surface area contributed by atoms with Crippen molar-refractivity contribution in [1.82, 2.24) is 14.7 Å². The summed E-state index contributed by atoms with van der Waals surface area (Å²) in [5.41, 5.74) is 2.45. The maximum Gasteiger partial charge on any atom is 0.227 e. The van der Waals surface area contributed by atoms with E-state index in [1.165, 1.54) is 12.1 Å². The third-order valence-corrected chi connectivity index (χ3v) is 5.48. The van der Waals surface area contributed by atoms with Crippen molar-refractivity contribution in [3.05, 3.63) is 71.7 Å². The Morgan fingerprint density at radius 2 is 1.74 bits per heavy atom. The minimum absolute atomic E-state index is 0.270. The Morgan fingerprint density at radius 1 is 1.06 bits per heavy atom. The molecule has 0 radical (unpaired) electrons. The molecule has 1 atom stereocenters. The standard InChI is InChI=1S/C28H38FN3O3/c1-6-17-31(18-23(33)20-34-28(3,4)5)19-25-26(7-2)30-32(22-11-9-8-10-12-22)27(25)35-24-15-13-21(29)14-16-24/h8-16,23,33H,6-7,17-20H2,1-5H3/t23-/m0/s1. The van der Waals surface area contributed by atoms with Crippen LogP contribution in [0.2, 0.25) is 0 Å². The molecule has 0 spiro atoms. The van der Waals surface area contributed by atoms with Gasteiger partial charge in [-0.15, -0.1) is 0 Å². The largest absolute Gasteiger partial charge is 0.439 e. The van der Waals surface area contributed by atoms with E-state index in [-0.39, 0.29) is 18.0 Å². The molecule has 0 aliphatic heterocycles. The molecule has 1 aromatic heterocycles. The van der Waals surface area contributed by atoms with Crippen molar-refractivity contribution >= 4 is 0 Å². The van der Waals surface area contributed by atoms with Crippen LogP contribution < -0.4 is 4.74 Å². The molecule has 1 heterocycles. The Kier molecular flexibility index (Phi) is 9.43. The molecule has 0 bridgehead atoms. The molecule has 0 aliphatic carbocycles. The smallest absolute Gasteiger partial charge is 0.227 e. The zero-order valence-electron chi connectivity index (χ0n) is 21.5. The summed E-state index contributed by atoms with van der Waals surface area (Å²) >= 11 is 0. The van der Waals surface area contributed by atoms with E-state index in [9.17, 15) is 9.50 Å². The van der Waals surface area contributed by atoms with Crippen LogP contribution in [-0.2, 0) is 17.7 Å². The quantitative estimate of drug-likeness (QED) is 0.355. The van der Waals surface area contributed by atoms with Gasteiger partial charge in [0.25, 0.3) is 0 Å². The Hall–Kier alpha value is -2.74. The van der Waals surface area contributed by atoms with Gasteiger partial charge in [-0.25, -0.2) is 9.07 Å². The first-order valence-corrected chi connectivity index (χ1v) is 12.3. The third-order valence-electron chi connectivity index (χ3n) is 5.48. The first kappa shape index (κ1) is 26.9. The highest BCUT2D eigenvalue weighted by Gasteiger charge is 2.24. The first-order chi connectivity index (χ1) is 16.7. The monoisotopic (exact) mass is 483 g/mol. The van der Waals surface area contributed by atoms with Gasteiger partial charge in [-0.1, -0.05) is 32.0 Å². The van der Waals surface area contributed by atoms with Crippen molar-refractivity contribution in [2.45, 2.75) is 65.7 Å². The molecule has 0 saturated carbocycles. The Labute approximate surface area is 208 Å². The molecule has 0 amide bonds. The van der Waals surface area contributed by atoms with E-state index in [0.717, 1.165) is 36.3 Å². The molecule has 0 fully saturated rings. The molecular formula is C28H38FN3O3. The van der Waals surface area contributed by atoms with Gasteiger partial charge >= 0.3 is 0 Å². The molecule has 7 heteroatoms. The summed E-state index contributed by atoms with van der Waals surface area (Å²) in [6.07, 6.45) is 1.05. The van der Waals surface area contributed by atoms with Crippen molar-refractivity contribution < 1.29 is 19.0 Å². The maximum atomic E-state index is 13.5. The van der Waals surface area contributed by atoms with Crippen LogP contribution in [0, 0.1) is 5.82 Å². The van der Waals surface area contributed by atoms with Crippen molar-refractivity contribution in [1.29, 1.82) is 0 Å². The normalized spacial score (nSPS) is 12.8. The van der Waals surface area contributed by atoms with E-state index >= 15 is 0 Å². The van der Waals surface area contributed by atoms with E-state index < -0.39 is 6.10 Å². The number of aliphatic hydroxyl groups excluding tert-OH is 1. The van der Waals surface area contributed by atoms with Gasteiger partial charge in [0.2, 0.25) is 5.88 Å². The zero-order valence-corrected chi connectivity index (χ0v) is 21.5. The fraction of sp³-hybridized carbons (Fsp3) is 0.464. The Morgan fingerprint density at radius 3 is 2.34 bits per heavy atom. The van der Waals surface area contributed by atoms with E-state index in [4.69, 9.17) is 14.6 Å². The number of nitrogens with zero attached hydrogens (tertiary/aromatic N) is 3. The van der Waals surface area contributed by atoms with Gasteiger partial charge in [0.1, 0.15) is 11.6 Å². The van der Waals surface area contributed by atoms with Crippen LogP contribution in [0.4, 0.5) is 4.39 Å². The second-order valence-electron chi connectivity index (χ2n) is 9.70. The SMILES string of the molecule is CCCN(Cc1c(CC)nn(-c2ccccc2)c1Oc1ccc(F)cc1)C[C@H](O)COC(C)(C)C. The van der Waals surface area contributed by atoms with E-state index in [1.807, 2.05) is 51.1 Å². The maximum absolute atomic E-state index is 13.5. The number of aromatic nitrogens is 2. The number of hydrogen-bond donors (Lipinski definition) is 1. The molecule has 35 heavy (non-hydrogen) atoms. The molecule has 0 aliphatic rings. The fourth-order valence-corrected chi connectivity index (χ4v) is 3.86.